The molecule has 0 aliphatic heterocycles. The summed E-state index contributed by atoms with van der Waals surface area (Å²) in [7, 11) is 0. The van der Waals surface area contributed by atoms with Crippen molar-refractivity contribution in [2.24, 2.45) is 4.99 Å². The van der Waals surface area contributed by atoms with Crippen molar-refractivity contribution < 1.29 is 19.4 Å². The van der Waals surface area contributed by atoms with Crippen LogP contribution in [0.15, 0.2) is 4.99 Å². The number of nitrogens with zero attached hydrogens (tertiary/aromatic N) is 2. The molecule has 0 atom stereocenters. The quantitative estimate of drug-likeness (QED) is 0.547. The van der Waals surface area contributed by atoms with Gasteiger partial charge in [0.25, 0.3) is 0 Å². The van der Waals surface area contributed by atoms with E-state index in [2.05, 4.69) is 10.3 Å². The van der Waals surface area contributed by atoms with E-state index in [-0.39, 0.29) is 0 Å². The topological polar surface area (TPSA) is 26.5 Å². The van der Waals surface area contributed by atoms with Crippen LogP contribution in [0.2, 0.25) is 0 Å². The summed E-state index contributed by atoms with van der Waals surface area (Å²) in [5.41, 5.74) is 0. The van der Waals surface area contributed by atoms with E-state index in [0.29, 0.717) is 6.04 Å². The Kier molecular flexibility index (Phi) is 5.19. The molecule has 0 saturated heterocycles. The molecule has 0 fully saturated rings. The van der Waals surface area contributed by atoms with E-state index in [0.717, 1.165) is 0 Å². The third-order valence-electron chi connectivity index (χ3n) is 0.492. The summed E-state index contributed by atoms with van der Waals surface area (Å²) in [6, 6.07) is 0.369. The molecule has 0 aromatic heterocycles. The first-order chi connectivity index (χ1) is 3.77. The predicted molar refractivity (Wildman–Crippen MR) is 33.1 cm³/mol. The Hall–Kier alpha value is 0.0283. The Bertz CT molecular complexity index is 88.4. The van der Waals surface area contributed by atoms with Gasteiger partial charge in [-0.2, -0.15) is 0 Å². The van der Waals surface area contributed by atoms with Gasteiger partial charge in [-0.1, -0.05) is 0 Å². The van der Waals surface area contributed by atoms with Crippen molar-refractivity contribution in [3.63, 3.8) is 0 Å². The van der Waals surface area contributed by atoms with Crippen LogP contribution in [0.4, 0.5) is 0 Å². The second-order valence-electron chi connectivity index (χ2n) is 1.61. The maximum absolute atomic E-state index is 4.00. The first kappa shape index (κ1) is 8.03. The summed E-state index contributed by atoms with van der Waals surface area (Å²) in [5, 5.41) is 4.00. The van der Waals surface area contributed by atoms with Crippen molar-refractivity contribution in [3.8, 4) is 0 Å². The maximum atomic E-state index is 4.00. The zero-order chi connectivity index (χ0) is 6.41. The van der Waals surface area contributed by atoms with Crippen LogP contribution in [0.5, 0.6) is 0 Å². The van der Waals surface area contributed by atoms with Gasteiger partial charge in [0.2, 0.25) is 0 Å². The van der Waals surface area contributed by atoms with Crippen LogP contribution >= 0.6 is 0 Å². The summed E-state index contributed by atoms with van der Waals surface area (Å²) >= 11 is 1.36. The fraction of sp³-hybridized carbons (Fsp3) is 0.600. The molecule has 0 unspecified atom stereocenters. The third-order valence-corrected chi connectivity index (χ3v) is 0.930. The molecule has 0 radical (unpaired) electrons. The fourth-order valence-corrected chi connectivity index (χ4v) is 0.395. The van der Waals surface area contributed by atoms with Gasteiger partial charge in [0, 0.05) is 0 Å². The Morgan fingerprint density at radius 2 is 2.25 bits per heavy atom. The van der Waals surface area contributed by atoms with E-state index in [1.165, 1.54) is 19.4 Å². The molecule has 0 amide bonds. The molecule has 46 valence electrons. The fourth-order valence-electron chi connectivity index (χ4n) is 0.199. The summed E-state index contributed by atoms with van der Waals surface area (Å²) in [4.78, 5) is 3.83. The van der Waals surface area contributed by atoms with E-state index < -0.39 is 0 Å². The first-order valence-electron chi connectivity index (χ1n) is 2.42. The van der Waals surface area contributed by atoms with Gasteiger partial charge >= 0.3 is 60.4 Å². The minimum absolute atomic E-state index is 0.369. The molecule has 0 heterocycles. The number of hydrogen-bond donors (Lipinski definition) is 0. The molecule has 0 rings (SSSR count). The van der Waals surface area contributed by atoms with Crippen molar-refractivity contribution >= 4 is 10.9 Å². The third kappa shape index (κ3) is 6.03. The Morgan fingerprint density at radius 3 is 2.62 bits per heavy atom. The average molecular weight is 281 g/mol. The second-order valence-corrected chi connectivity index (χ2v) is 2.37. The van der Waals surface area contributed by atoms with Gasteiger partial charge in [-0.25, -0.2) is 0 Å². The van der Waals surface area contributed by atoms with Crippen LogP contribution in [0, 0.1) is 0 Å². The standard InChI is InChI=1S/C5H9N2.W/c1-5(2)7-4-6-3;/h3-5H,1-2H3;/q-1;. The molecule has 3 heteroatoms. The molecular weight excluding hydrogens is 272 g/mol. The molecule has 0 saturated carbocycles. The van der Waals surface area contributed by atoms with Gasteiger partial charge in [-0.15, -0.1) is 0 Å². The van der Waals surface area contributed by atoms with Crippen molar-refractivity contribution in [1.82, 2.24) is 0 Å². The van der Waals surface area contributed by atoms with Crippen molar-refractivity contribution in [2.45, 2.75) is 19.9 Å². The minimum atomic E-state index is 0.369. The second kappa shape index (κ2) is 5.17. The summed E-state index contributed by atoms with van der Waals surface area (Å²) < 4.78 is 1.80. The van der Waals surface area contributed by atoms with Gasteiger partial charge in [0.05, 0.1) is 0 Å². The van der Waals surface area contributed by atoms with Crippen molar-refractivity contribution in [3.05, 3.63) is 5.32 Å². The Labute approximate surface area is 60.8 Å². The molecular formula is C5H9N2W-. The molecule has 0 aromatic rings. The number of aliphatic imine (C=N–C) groups is 1. The van der Waals surface area contributed by atoms with Gasteiger partial charge in [0.15, 0.2) is 0 Å². The van der Waals surface area contributed by atoms with Crippen molar-refractivity contribution in [1.29, 1.82) is 0 Å². The SMILES string of the molecule is CC(C)[N-]C=N[CH]=[W]. The summed E-state index contributed by atoms with van der Waals surface area (Å²) in [6.07, 6.45) is 1.59. The normalized spacial score (nSPS) is 10.4. The van der Waals surface area contributed by atoms with E-state index >= 15 is 0 Å². The van der Waals surface area contributed by atoms with Crippen LogP contribution in [-0.2, 0) is 19.4 Å². The van der Waals surface area contributed by atoms with Crippen molar-refractivity contribution in [2.75, 3.05) is 0 Å². The van der Waals surface area contributed by atoms with E-state index in [1.54, 1.807) is 10.9 Å². The Balaban J connectivity index is 3.15. The van der Waals surface area contributed by atoms with Crippen LogP contribution in [0.25, 0.3) is 5.32 Å². The van der Waals surface area contributed by atoms with E-state index in [1.807, 2.05) is 13.8 Å². The van der Waals surface area contributed by atoms with Crippen LogP contribution in [-0.4, -0.2) is 16.9 Å². The Morgan fingerprint density at radius 1 is 1.62 bits per heavy atom. The van der Waals surface area contributed by atoms with Gasteiger partial charge in [-0.05, 0) is 0 Å². The molecule has 0 aliphatic carbocycles. The summed E-state index contributed by atoms with van der Waals surface area (Å²) in [6.45, 7) is 4.04. The van der Waals surface area contributed by atoms with Crippen LogP contribution < -0.4 is 0 Å². The average Bonchev–Trinajstić information content (AvgIpc) is 1.66. The number of hydrogen-bond acceptors (Lipinski definition) is 1. The molecule has 8 heavy (non-hydrogen) atoms. The predicted octanol–water partition coefficient (Wildman–Crippen LogP) is 1.10. The molecule has 0 N–H and O–H groups in total. The monoisotopic (exact) mass is 281 g/mol. The zero-order valence-electron chi connectivity index (χ0n) is 5.03. The zero-order valence-corrected chi connectivity index (χ0v) is 7.97. The van der Waals surface area contributed by atoms with Gasteiger partial charge < -0.3 is 0 Å². The van der Waals surface area contributed by atoms with E-state index in [4.69, 9.17) is 0 Å². The molecule has 0 aromatic carbocycles. The molecule has 0 bridgehead atoms. The molecule has 2 nitrogen and oxygen atoms in total. The van der Waals surface area contributed by atoms with E-state index in [9.17, 15) is 0 Å². The molecule has 0 aliphatic rings. The number of rotatable bonds is 3. The molecule has 0 spiro atoms. The van der Waals surface area contributed by atoms with Gasteiger partial charge in [-0.3, -0.25) is 0 Å². The van der Waals surface area contributed by atoms with Gasteiger partial charge in [0.1, 0.15) is 0 Å². The first-order valence-corrected chi connectivity index (χ1v) is 4.12. The van der Waals surface area contributed by atoms with Crippen LogP contribution in [0.1, 0.15) is 13.8 Å². The summed E-state index contributed by atoms with van der Waals surface area (Å²) in [5.74, 6) is 0. The van der Waals surface area contributed by atoms with Crippen LogP contribution in [0.3, 0.4) is 0 Å².